The number of aromatic nitrogens is 2. The molecule has 170 valence electrons. The van der Waals surface area contributed by atoms with E-state index in [-0.39, 0.29) is 17.7 Å². The summed E-state index contributed by atoms with van der Waals surface area (Å²) in [7, 11) is 0. The van der Waals surface area contributed by atoms with Crippen LogP contribution in [0.15, 0.2) is 66.9 Å². The topological polar surface area (TPSA) is 67.2 Å². The van der Waals surface area contributed by atoms with E-state index in [2.05, 4.69) is 5.32 Å². The van der Waals surface area contributed by atoms with Crippen LogP contribution in [0.25, 0.3) is 16.9 Å². The summed E-state index contributed by atoms with van der Waals surface area (Å²) in [6.07, 6.45) is 5.74. The van der Waals surface area contributed by atoms with Crippen molar-refractivity contribution in [3.63, 3.8) is 0 Å². The zero-order chi connectivity index (χ0) is 22.8. The van der Waals surface area contributed by atoms with Crippen molar-refractivity contribution < 1.29 is 9.59 Å². The minimum Gasteiger partial charge on any atom is -0.353 e. The molecule has 0 radical (unpaired) electrons. The standard InChI is InChI=1S/C27H30N4O2/c1-19(26(32)28-22-12-13-22)20-14-16-30(17-15-20)27(33)24-18-31(23-10-6-3-7-11-23)29-25(24)21-8-4-2-5-9-21/h2-11,18-20,22H,12-17H2,1H3,(H,28,32). The summed E-state index contributed by atoms with van der Waals surface area (Å²) in [5.74, 6) is 0.472. The number of rotatable bonds is 6. The second-order valence-electron chi connectivity index (χ2n) is 9.24. The van der Waals surface area contributed by atoms with Crippen molar-refractivity contribution >= 4 is 11.8 Å². The van der Waals surface area contributed by atoms with E-state index in [9.17, 15) is 9.59 Å². The van der Waals surface area contributed by atoms with Gasteiger partial charge in [-0.25, -0.2) is 4.68 Å². The first-order valence-electron chi connectivity index (χ1n) is 11.9. The summed E-state index contributed by atoms with van der Waals surface area (Å²) in [6.45, 7) is 3.35. The molecule has 2 amide bonds. The van der Waals surface area contributed by atoms with Crippen LogP contribution < -0.4 is 5.32 Å². The molecule has 1 N–H and O–H groups in total. The lowest BCUT2D eigenvalue weighted by atomic mass is 9.84. The molecule has 3 aromatic rings. The molecular formula is C27H30N4O2. The highest BCUT2D eigenvalue weighted by Crippen LogP contribution is 2.30. The lowest BCUT2D eigenvalue weighted by Gasteiger charge is -2.34. The van der Waals surface area contributed by atoms with E-state index in [1.807, 2.05) is 78.7 Å². The molecule has 1 saturated carbocycles. The summed E-state index contributed by atoms with van der Waals surface area (Å²) in [6, 6.07) is 20.1. The Kier molecular flexibility index (Phi) is 5.99. The van der Waals surface area contributed by atoms with Gasteiger partial charge in [0, 0.05) is 36.8 Å². The zero-order valence-electron chi connectivity index (χ0n) is 19.0. The Bertz CT molecular complexity index is 1110. The SMILES string of the molecule is CC(C(=O)NC1CC1)C1CCN(C(=O)c2cn(-c3ccccc3)nc2-c2ccccc2)CC1. The average molecular weight is 443 g/mol. The van der Waals surface area contributed by atoms with Crippen molar-refractivity contribution in [1.82, 2.24) is 20.0 Å². The number of nitrogens with one attached hydrogen (secondary N) is 1. The molecule has 2 aromatic carbocycles. The van der Waals surface area contributed by atoms with Gasteiger partial charge in [0.2, 0.25) is 5.91 Å². The van der Waals surface area contributed by atoms with E-state index in [0.717, 1.165) is 36.9 Å². The van der Waals surface area contributed by atoms with Gasteiger partial charge in [0.15, 0.2) is 0 Å². The Morgan fingerprint density at radius 3 is 2.21 bits per heavy atom. The van der Waals surface area contributed by atoms with Crippen LogP contribution in [0.5, 0.6) is 0 Å². The highest BCUT2D eigenvalue weighted by atomic mass is 16.2. The van der Waals surface area contributed by atoms with E-state index in [1.54, 1.807) is 4.68 Å². The van der Waals surface area contributed by atoms with Gasteiger partial charge in [-0.1, -0.05) is 55.5 Å². The molecule has 2 fully saturated rings. The van der Waals surface area contributed by atoms with Gasteiger partial charge in [-0.15, -0.1) is 0 Å². The Morgan fingerprint density at radius 2 is 1.58 bits per heavy atom. The van der Waals surface area contributed by atoms with Crippen LogP contribution in [-0.4, -0.2) is 45.6 Å². The van der Waals surface area contributed by atoms with Crippen LogP contribution in [0.3, 0.4) is 0 Å². The number of amides is 2. The van der Waals surface area contributed by atoms with Gasteiger partial charge in [0.25, 0.3) is 5.91 Å². The van der Waals surface area contributed by atoms with Crippen LogP contribution >= 0.6 is 0 Å². The maximum atomic E-state index is 13.6. The molecule has 2 heterocycles. The number of nitrogens with zero attached hydrogens (tertiary/aromatic N) is 3. The maximum Gasteiger partial charge on any atom is 0.257 e. The van der Waals surface area contributed by atoms with Crippen molar-refractivity contribution in [2.75, 3.05) is 13.1 Å². The molecule has 1 aliphatic heterocycles. The molecule has 1 saturated heterocycles. The van der Waals surface area contributed by atoms with E-state index >= 15 is 0 Å². The monoisotopic (exact) mass is 442 g/mol. The fourth-order valence-corrected chi connectivity index (χ4v) is 4.60. The molecule has 1 aliphatic carbocycles. The summed E-state index contributed by atoms with van der Waals surface area (Å²) in [5, 5.41) is 7.91. The van der Waals surface area contributed by atoms with Crippen molar-refractivity contribution in [2.45, 2.75) is 38.6 Å². The van der Waals surface area contributed by atoms with Crippen molar-refractivity contribution in [1.29, 1.82) is 0 Å². The zero-order valence-corrected chi connectivity index (χ0v) is 19.0. The molecule has 6 heteroatoms. The number of piperidine rings is 1. The molecule has 1 atom stereocenters. The molecule has 2 aliphatic rings. The van der Waals surface area contributed by atoms with Crippen LogP contribution in [0.2, 0.25) is 0 Å². The van der Waals surface area contributed by atoms with Crippen LogP contribution in [0.1, 0.15) is 43.0 Å². The first kappa shape index (κ1) is 21.4. The maximum absolute atomic E-state index is 13.6. The molecule has 0 bridgehead atoms. The molecule has 6 nitrogen and oxygen atoms in total. The van der Waals surface area contributed by atoms with E-state index in [4.69, 9.17) is 5.10 Å². The van der Waals surface area contributed by atoms with Gasteiger partial charge in [-0.05, 0) is 43.7 Å². The van der Waals surface area contributed by atoms with Gasteiger partial charge in [0.1, 0.15) is 5.69 Å². The highest BCUT2D eigenvalue weighted by Gasteiger charge is 2.33. The molecular weight excluding hydrogens is 412 g/mol. The van der Waals surface area contributed by atoms with Gasteiger partial charge < -0.3 is 10.2 Å². The number of carbonyl (C=O) groups is 2. The summed E-state index contributed by atoms with van der Waals surface area (Å²) < 4.78 is 1.78. The van der Waals surface area contributed by atoms with Crippen molar-refractivity contribution in [2.24, 2.45) is 11.8 Å². The molecule has 33 heavy (non-hydrogen) atoms. The predicted octanol–water partition coefficient (Wildman–Crippen LogP) is 4.31. The highest BCUT2D eigenvalue weighted by molar-refractivity contribution is 6.00. The van der Waals surface area contributed by atoms with Crippen molar-refractivity contribution in [3.8, 4) is 16.9 Å². The molecule has 5 rings (SSSR count). The third-order valence-corrected chi connectivity index (χ3v) is 6.88. The Balaban J connectivity index is 1.34. The third-order valence-electron chi connectivity index (χ3n) is 6.88. The second-order valence-corrected chi connectivity index (χ2v) is 9.24. The van der Waals surface area contributed by atoms with Crippen molar-refractivity contribution in [3.05, 3.63) is 72.4 Å². The normalized spacial score (nSPS) is 17.5. The molecule has 0 spiro atoms. The fourth-order valence-electron chi connectivity index (χ4n) is 4.60. The summed E-state index contributed by atoms with van der Waals surface area (Å²) in [4.78, 5) is 28.0. The molecule has 1 aromatic heterocycles. The predicted molar refractivity (Wildman–Crippen MR) is 128 cm³/mol. The van der Waals surface area contributed by atoms with Crippen LogP contribution in [0, 0.1) is 11.8 Å². The third kappa shape index (κ3) is 4.70. The van der Waals surface area contributed by atoms with Gasteiger partial charge in [0.05, 0.1) is 11.3 Å². The van der Waals surface area contributed by atoms with Crippen LogP contribution in [-0.2, 0) is 4.79 Å². The number of likely N-dealkylation sites (tertiary alicyclic amines) is 1. The van der Waals surface area contributed by atoms with Gasteiger partial charge >= 0.3 is 0 Å². The minimum atomic E-state index is -0.0106. The van der Waals surface area contributed by atoms with Gasteiger partial charge in [-0.2, -0.15) is 5.10 Å². The first-order valence-corrected chi connectivity index (χ1v) is 11.9. The van der Waals surface area contributed by atoms with Crippen LogP contribution in [0.4, 0.5) is 0 Å². The van der Waals surface area contributed by atoms with E-state index < -0.39 is 0 Å². The Hall–Kier alpha value is -3.41. The number of hydrogen-bond acceptors (Lipinski definition) is 3. The second kappa shape index (κ2) is 9.22. The largest absolute Gasteiger partial charge is 0.353 e. The molecule has 1 unspecified atom stereocenters. The number of benzene rings is 2. The average Bonchev–Trinajstić information content (AvgIpc) is 3.58. The van der Waals surface area contributed by atoms with E-state index in [0.29, 0.717) is 36.3 Å². The first-order chi connectivity index (χ1) is 16.1. The number of para-hydroxylation sites is 1. The quantitative estimate of drug-likeness (QED) is 0.619. The fraction of sp³-hybridized carbons (Fsp3) is 0.370. The lowest BCUT2D eigenvalue weighted by molar-refractivity contribution is -0.126. The van der Waals surface area contributed by atoms with Gasteiger partial charge in [-0.3, -0.25) is 9.59 Å². The Morgan fingerprint density at radius 1 is 0.939 bits per heavy atom. The smallest absolute Gasteiger partial charge is 0.257 e. The number of hydrogen-bond donors (Lipinski definition) is 1. The minimum absolute atomic E-state index is 0.00423. The lowest BCUT2D eigenvalue weighted by Crippen LogP contribution is -2.43. The van der Waals surface area contributed by atoms with E-state index in [1.165, 1.54) is 0 Å². The summed E-state index contributed by atoms with van der Waals surface area (Å²) >= 11 is 0. The summed E-state index contributed by atoms with van der Waals surface area (Å²) in [5.41, 5.74) is 3.16. The Labute approximate surface area is 194 Å². The number of carbonyl (C=O) groups excluding carboxylic acids is 2.